The summed E-state index contributed by atoms with van der Waals surface area (Å²) >= 11 is 0. The lowest BCUT2D eigenvalue weighted by Crippen LogP contribution is -2.41. The summed E-state index contributed by atoms with van der Waals surface area (Å²) in [5, 5.41) is 4.12. The fourth-order valence-corrected chi connectivity index (χ4v) is 3.79. The molecule has 1 aliphatic heterocycles. The second-order valence-corrected chi connectivity index (χ2v) is 7.41. The van der Waals surface area contributed by atoms with E-state index < -0.39 is 0 Å². The monoisotopic (exact) mass is 395 g/mol. The maximum atomic E-state index is 13.2. The lowest BCUT2D eigenvalue weighted by molar-refractivity contribution is -0.120. The third kappa shape index (κ3) is 5.02. The lowest BCUT2D eigenvalue weighted by atomic mass is 10.1. The minimum absolute atomic E-state index is 0.0305. The molecule has 2 aromatic carbocycles. The molecule has 5 nitrogen and oxygen atoms in total. The number of morpholine rings is 1. The van der Waals surface area contributed by atoms with E-state index in [9.17, 15) is 9.18 Å². The van der Waals surface area contributed by atoms with Crippen LogP contribution in [0.1, 0.15) is 11.1 Å². The van der Waals surface area contributed by atoms with E-state index in [1.807, 2.05) is 24.4 Å². The van der Waals surface area contributed by atoms with Crippen LogP contribution in [0, 0.1) is 5.82 Å². The summed E-state index contributed by atoms with van der Waals surface area (Å²) in [5.41, 5.74) is 3.10. The number of para-hydroxylation sites is 1. The summed E-state index contributed by atoms with van der Waals surface area (Å²) in [4.78, 5) is 14.8. The van der Waals surface area contributed by atoms with Gasteiger partial charge in [-0.2, -0.15) is 0 Å². The van der Waals surface area contributed by atoms with Crippen molar-refractivity contribution >= 4 is 16.8 Å². The van der Waals surface area contributed by atoms with Gasteiger partial charge in [0.1, 0.15) is 5.82 Å². The molecule has 1 fully saturated rings. The first-order valence-electron chi connectivity index (χ1n) is 10.1. The molecule has 6 heteroatoms. The molecule has 0 bridgehead atoms. The fourth-order valence-electron chi connectivity index (χ4n) is 3.79. The van der Waals surface area contributed by atoms with Crippen molar-refractivity contribution in [2.24, 2.45) is 0 Å². The van der Waals surface area contributed by atoms with Crippen LogP contribution in [0.25, 0.3) is 10.9 Å². The normalized spacial score (nSPS) is 14.9. The van der Waals surface area contributed by atoms with Gasteiger partial charge < -0.3 is 14.6 Å². The van der Waals surface area contributed by atoms with E-state index in [1.54, 1.807) is 12.1 Å². The van der Waals surface area contributed by atoms with Gasteiger partial charge >= 0.3 is 0 Å². The number of hydrogen-bond acceptors (Lipinski definition) is 3. The highest BCUT2D eigenvalue weighted by Gasteiger charge is 2.13. The topological polar surface area (TPSA) is 46.5 Å². The number of fused-ring (bicyclic) bond motifs is 1. The zero-order valence-corrected chi connectivity index (χ0v) is 16.4. The largest absolute Gasteiger partial charge is 0.379 e. The highest BCUT2D eigenvalue weighted by molar-refractivity contribution is 5.89. The van der Waals surface area contributed by atoms with Crippen molar-refractivity contribution in [1.29, 1.82) is 0 Å². The molecule has 152 valence electrons. The molecule has 0 atom stereocenters. The SMILES string of the molecule is O=C(Cc1cn(Cc2ccc(F)cc2)c2ccccc12)NCCN1CCOCC1. The number of rotatable bonds is 7. The standard InChI is InChI=1S/C23H26FN3O2/c24-20-7-5-18(6-8-20)16-27-17-19(21-3-1-2-4-22(21)27)15-23(28)25-9-10-26-11-13-29-14-12-26/h1-8,17H,9-16H2,(H,25,28). The number of halogens is 1. The summed E-state index contributed by atoms with van der Waals surface area (Å²) in [6, 6.07) is 14.6. The Kier molecular flexibility index (Phi) is 6.22. The van der Waals surface area contributed by atoms with Crippen molar-refractivity contribution in [2.75, 3.05) is 39.4 Å². The number of amides is 1. The third-order valence-electron chi connectivity index (χ3n) is 5.34. The molecule has 3 aromatic rings. The number of hydrogen-bond donors (Lipinski definition) is 1. The number of carbonyl (C=O) groups is 1. The minimum atomic E-state index is -0.236. The molecule has 0 saturated carbocycles. The van der Waals surface area contributed by atoms with Crippen LogP contribution in [0.15, 0.2) is 54.7 Å². The van der Waals surface area contributed by atoms with Crippen molar-refractivity contribution in [2.45, 2.75) is 13.0 Å². The number of benzene rings is 2. The molecule has 1 amide bonds. The van der Waals surface area contributed by atoms with Crippen molar-refractivity contribution < 1.29 is 13.9 Å². The maximum absolute atomic E-state index is 13.2. The summed E-state index contributed by atoms with van der Waals surface area (Å²) in [6.45, 7) is 5.51. The Balaban J connectivity index is 1.41. The Labute approximate surface area is 170 Å². The summed E-state index contributed by atoms with van der Waals surface area (Å²) in [7, 11) is 0. The van der Waals surface area contributed by atoms with Gasteiger partial charge in [-0.25, -0.2) is 4.39 Å². The first-order valence-corrected chi connectivity index (χ1v) is 10.1. The molecule has 0 aliphatic carbocycles. The van der Waals surface area contributed by atoms with Crippen molar-refractivity contribution in [1.82, 2.24) is 14.8 Å². The lowest BCUT2D eigenvalue weighted by Gasteiger charge is -2.26. The van der Waals surface area contributed by atoms with Crippen LogP contribution < -0.4 is 5.32 Å². The quantitative estimate of drug-likeness (QED) is 0.669. The van der Waals surface area contributed by atoms with Gasteiger partial charge in [0, 0.05) is 49.8 Å². The van der Waals surface area contributed by atoms with Gasteiger partial charge in [0.05, 0.1) is 19.6 Å². The highest BCUT2D eigenvalue weighted by atomic mass is 19.1. The van der Waals surface area contributed by atoms with E-state index in [0.717, 1.165) is 54.9 Å². The molecule has 1 saturated heterocycles. The highest BCUT2D eigenvalue weighted by Crippen LogP contribution is 2.23. The second-order valence-electron chi connectivity index (χ2n) is 7.41. The maximum Gasteiger partial charge on any atom is 0.224 e. The van der Waals surface area contributed by atoms with Gasteiger partial charge in [0.15, 0.2) is 0 Å². The van der Waals surface area contributed by atoms with Gasteiger partial charge in [-0.1, -0.05) is 30.3 Å². The van der Waals surface area contributed by atoms with Crippen molar-refractivity contribution in [3.8, 4) is 0 Å². The van der Waals surface area contributed by atoms with E-state index in [2.05, 4.69) is 20.9 Å². The Morgan fingerprint density at radius 1 is 1.07 bits per heavy atom. The van der Waals surface area contributed by atoms with Crippen LogP contribution in [0.2, 0.25) is 0 Å². The van der Waals surface area contributed by atoms with Crippen LogP contribution in [0.5, 0.6) is 0 Å². The second kappa shape index (κ2) is 9.20. The average molecular weight is 395 g/mol. The smallest absolute Gasteiger partial charge is 0.224 e. The Morgan fingerprint density at radius 3 is 2.62 bits per heavy atom. The molecule has 1 aliphatic rings. The Morgan fingerprint density at radius 2 is 1.83 bits per heavy atom. The van der Waals surface area contributed by atoms with Crippen LogP contribution >= 0.6 is 0 Å². The minimum Gasteiger partial charge on any atom is -0.379 e. The average Bonchev–Trinajstić information content (AvgIpc) is 3.08. The van der Waals surface area contributed by atoms with E-state index in [-0.39, 0.29) is 11.7 Å². The van der Waals surface area contributed by atoms with E-state index in [4.69, 9.17) is 4.74 Å². The van der Waals surface area contributed by atoms with Crippen LogP contribution in [-0.2, 0) is 22.5 Å². The predicted molar refractivity (Wildman–Crippen MR) is 111 cm³/mol. The number of ether oxygens (including phenoxy) is 1. The van der Waals surface area contributed by atoms with Gasteiger partial charge in [0.2, 0.25) is 5.91 Å². The number of aromatic nitrogens is 1. The van der Waals surface area contributed by atoms with Gasteiger partial charge in [-0.15, -0.1) is 0 Å². The van der Waals surface area contributed by atoms with Gasteiger partial charge in [-0.05, 0) is 29.3 Å². The summed E-state index contributed by atoms with van der Waals surface area (Å²) in [5.74, 6) is -0.205. The zero-order chi connectivity index (χ0) is 20.1. The zero-order valence-electron chi connectivity index (χ0n) is 16.4. The number of carbonyl (C=O) groups excluding carboxylic acids is 1. The van der Waals surface area contributed by atoms with Crippen molar-refractivity contribution in [3.05, 3.63) is 71.7 Å². The fraction of sp³-hybridized carbons (Fsp3) is 0.348. The van der Waals surface area contributed by atoms with Crippen molar-refractivity contribution in [3.63, 3.8) is 0 Å². The number of nitrogens with one attached hydrogen (secondary N) is 1. The molecule has 1 aromatic heterocycles. The molecule has 0 radical (unpaired) electrons. The Bertz CT molecular complexity index is 962. The molecule has 1 N–H and O–H groups in total. The first kappa shape index (κ1) is 19.6. The summed E-state index contributed by atoms with van der Waals surface area (Å²) < 4.78 is 20.7. The molecule has 0 spiro atoms. The van der Waals surface area contributed by atoms with Crippen LogP contribution in [-0.4, -0.2) is 54.8 Å². The molecule has 0 unspecified atom stereocenters. The van der Waals surface area contributed by atoms with Gasteiger partial charge in [-0.3, -0.25) is 9.69 Å². The molecule has 29 heavy (non-hydrogen) atoms. The molecule has 4 rings (SSSR count). The number of nitrogens with zero attached hydrogens (tertiary/aromatic N) is 2. The third-order valence-corrected chi connectivity index (χ3v) is 5.34. The van der Waals surface area contributed by atoms with E-state index in [0.29, 0.717) is 19.5 Å². The summed E-state index contributed by atoms with van der Waals surface area (Å²) in [6.07, 6.45) is 2.38. The van der Waals surface area contributed by atoms with Crippen LogP contribution in [0.3, 0.4) is 0 Å². The first-order chi connectivity index (χ1) is 14.2. The van der Waals surface area contributed by atoms with E-state index in [1.165, 1.54) is 12.1 Å². The molecule has 2 heterocycles. The van der Waals surface area contributed by atoms with Crippen LogP contribution in [0.4, 0.5) is 4.39 Å². The van der Waals surface area contributed by atoms with Gasteiger partial charge in [0.25, 0.3) is 0 Å². The predicted octanol–water partition coefficient (Wildman–Crippen LogP) is 2.82. The molecular formula is C23H26FN3O2. The molecular weight excluding hydrogens is 369 g/mol. The Hall–Kier alpha value is -2.70. The van der Waals surface area contributed by atoms with E-state index >= 15 is 0 Å².